The summed E-state index contributed by atoms with van der Waals surface area (Å²) in [7, 11) is 3.37. The Balaban J connectivity index is 1.96. The van der Waals surface area contributed by atoms with Gasteiger partial charge in [0.1, 0.15) is 0 Å². The first kappa shape index (κ1) is 15.5. The van der Waals surface area contributed by atoms with Gasteiger partial charge in [0.15, 0.2) is 0 Å². The Bertz CT molecular complexity index is 331. The minimum atomic E-state index is -0.119. The Hall–Kier alpha value is -0.880. The van der Waals surface area contributed by atoms with Crippen LogP contribution >= 0.6 is 0 Å². The number of azo groups is 1. The van der Waals surface area contributed by atoms with Crippen molar-refractivity contribution in [2.45, 2.75) is 75.3 Å². The average molecular weight is 282 g/mol. The van der Waals surface area contributed by atoms with Crippen molar-refractivity contribution in [3.63, 3.8) is 0 Å². The minimum Gasteiger partial charge on any atom is -0.379 e. The van der Waals surface area contributed by atoms with Crippen LogP contribution in [0.2, 0.25) is 0 Å². The maximum atomic E-state index is 7.26. The van der Waals surface area contributed by atoms with Crippen molar-refractivity contribution in [2.24, 2.45) is 15.3 Å². The normalized spacial score (nSPS) is 36.3. The summed E-state index contributed by atoms with van der Waals surface area (Å²) in [6.45, 7) is 0. The topological polar surface area (TPSA) is 79.4 Å². The summed E-state index contributed by atoms with van der Waals surface area (Å²) >= 11 is 0. The quantitative estimate of drug-likeness (QED) is 0.784. The van der Waals surface area contributed by atoms with Gasteiger partial charge in [-0.1, -0.05) is 19.3 Å². The van der Waals surface area contributed by atoms with E-state index in [-0.39, 0.29) is 24.3 Å². The molecule has 0 aromatic heterocycles. The fraction of sp³-hybridized carbons (Fsp3) is 1.00. The highest BCUT2D eigenvalue weighted by atomic mass is 16.5. The molecule has 0 aliphatic heterocycles. The lowest BCUT2D eigenvalue weighted by Crippen LogP contribution is -2.44. The van der Waals surface area contributed by atoms with Crippen LogP contribution in [0.5, 0.6) is 0 Å². The summed E-state index contributed by atoms with van der Waals surface area (Å²) in [5.74, 6) is 0. The van der Waals surface area contributed by atoms with Crippen molar-refractivity contribution in [1.82, 2.24) is 0 Å². The first-order valence-corrected chi connectivity index (χ1v) is 7.60. The third-order valence-corrected chi connectivity index (χ3v) is 4.53. The molecule has 0 aromatic rings. The number of nitrogens with one attached hydrogen (secondary N) is 1. The van der Waals surface area contributed by atoms with Crippen molar-refractivity contribution in [3.8, 4) is 0 Å². The number of hydrogen-bond acceptors (Lipinski definition) is 6. The molecule has 0 bridgehead atoms. The van der Waals surface area contributed by atoms with E-state index in [1.165, 1.54) is 19.3 Å². The molecule has 2 fully saturated rings. The van der Waals surface area contributed by atoms with Crippen LogP contribution in [0.15, 0.2) is 15.3 Å². The predicted octanol–water partition coefficient (Wildman–Crippen LogP) is 3.36. The van der Waals surface area contributed by atoms with Crippen LogP contribution in [0.1, 0.15) is 44.9 Å². The number of methoxy groups -OCH3 is 2. The summed E-state index contributed by atoms with van der Waals surface area (Å²) in [5.41, 5.74) is 7.26. The Kier molecular flexibility index (Phi) is 6.04. The fourth-order valence-electron chi connectivity index (χ4n) is 3.23. The van der Waals surface area contributed by atoms with Crippen molar-refractivity contribution in [1.29, 1.82) is 5.53 Å². The average Bonchev–Trinajstić information content (AvgIpc) is 2.52. The van der Waals surface area contributed by atoms with E-state index in [9.17, 15) is 0 Å². The largest absolute Gasteiger partial charge is 0.379 e. The number of nitrogens with zero attached hydrogens (tertiary/aromatic N) is 3. The van der Waals surface area contributed by atoms with Crippen molar-refractivity contribution in [2.75, 3.05) is 14.2 Å². The lowest BCUT2D eigenvalue weighted by molar-refractivity contribution is -0.0233. The third-order valence-electron chi connectivity index (χ3n) is 4.53. The summed E-state index contributed by atoms with van der Waals surface area (Å²) in [6, 6.07) is 0.303. The van der Waals surface area contributed by atoms with Crippen molar-refractivity contribution < 1.29 is 9.47 Å². The predicted molar refractivity (Wildman–Crippen MR) is 75.3 cm³/mol. The highest BCUT2D eigenvalue weighted by Gasteiger charge is 2.38. The zero-order chi connectivity index (χ0) is 14.4. The molecule has 0 aromatic carbocycles. The number of ether oxygens (including phenoxy) is 2. The monoisotopic (exact) mass is 282 g/mol. The van der Waals surface area contributed by atoms with Crippen molar-refractivity contribution >= 4 is 0 Å². The van der Waals surface area contributed by atoms with E-state index in [2.05, 4.69) is 15.3 Å². The molecular weight excluding hydrogens is 256 g/mol. The van der Waals surface area contributed by atoms with Gasteiger partial charge in [0.25, 0.3) is 0 Å². The van der Waals surface area contributed by atoms with E-state index in [0.29, 0.717) is 12.5 Å². The van der Waals surface area contributed by atoms with Gasteiger partial charge in [-0.2, -0.15) is 15.3 Å². The molecule has 6 nitrogen and oxygen atoms in total. The molecule has 2 saturated carbocycles. The van der Waals surface area contributed by atoms with Gasteiger partial charge in [-0.15, -0.1) is 0 Å². The summed E-state index contributed by atoms with van der Waals surface area (Å²) < 4.78 is 11.0. The van der Waals surface area contributed by atoms with E-state index in [0.717, 1.165) is 19.3 Å². The lowest BCUT2D eigenvalue weighted by atomic mass is 9.87. The number of hydrogen-bond donors (Lipinski definition) is 1. The molecule has 2 aliphatic carbocycles. The van der Waals surface area contributed by atoms with Crippen LogP contribution in [0.25, 0.3) is 0 Å². The van der Waals surface area contributed by atoms with Gasteiger partial charge in [-0.05, 0) is 12.8 Å². The Morgan fingerprint density at radius 3 is 2.05 bits per heavy atom. The smallest absolute Gasteiger partial charge is 0.0995 e. The highest BCUT2D eigenvalue weighted by Crippen LogP contribution is 2.29. The first-order chi connectivity index (χ1) is 9.78. The van der Waals surface area contributed by atoms with Crippen LogP contribution in [0.3, 0.4) is 0 Å². The molecule has 0 amide bonds. The SMILES string of the molecule is COC1CC(N=NC2CCCCC2)C(OC)CC1N=N. The summed E-state index contributed by atoms with van der Waals surface area (Å²) in [5, 5.41) is 12.7. The molecule has 0 radical (unpaired) electrons. The standard InChI is InChI=1S/C14H26N4O2/c1-19-13-9-12(14(20-2)8-11(13)16-15)18-17-10-6-4-3-5-7-10/h10-15H,3-9H2,1-2H3. The van der Waals surface area contributed by atoms with Gasteiger partial charge in [0.05, 0.1) is 30.3 Å². The molecule has 6 heteroatoms. The molecule has 0 spiro atoms. The molecule has 2 aliphatic rings. The van der Waals surface area contributed by atoms with Gasteiger partial charge in [-0.25, -0.2) is 5.53 Å². The zero-order valence-corrected chi connectivity index (χ0v) is 12.5. The van der Waals surface area contributed by atoms with E-state index in [1.807, 2.05) is 0 Å². The molecule has 4 atom stereocenters. The third kappa shape index (κ3) is 3.82. The second kappa shape index (κ2) is 7.78. The molecule has 20 heavy (non-hydrogen) atoms. The molecule has 2 rings (SSSR count). The van der Waals surface area contributed by atoms with E-state index in [4.69, 9.17) is 15.0 Å². The lowest BCUT2D eigenvalue weighted by Gasteiger charge is -2.35. The molecular formula is C14H26N4O2. The maximum absolute atomic E-state index is 7.26. The minimum absolute atomic E-state index is 0.00663. The summed E-state index contributed by atoms with van der Waals surface area (Å²) in [6.07, 6.45) is 7.55. The number of rotatable bonds is 5. The maximum Gasteiger partial charge on any atom is 0.0995 e. The van der Waals surface area contributed by atoms with E-state index in [1.54, 1.807) is 14.2 Å². The molecule has 4 unspecified atom stereocenters. The molecule has 0 saturated heterocycles. The first-order valence-electron chi connectivity index (χ1n) is 7.60. The Labute approximate surface area is 120 Å². The zero-order valence-electron chi connectivity index (χ0n) is 12.5. The summed E-state index contributed by atoms with van der Waals surface area (Å²) in [4.78, 5) is 0. The van der Waals surface area contributed by atoms with Gasteiger partial charge < -0.3 is 9.47 Å². The van der Waals surface area contributed by atoms with E-state index >= 15 is 0 Å². The van der Waals surface area contributed by atoms with Gasteiger partial charge >= 0.3 is 0 Å². The van der Waals surface area contributed by atoms with Gasteiger partial charge in [0.2, 0.25) is 0 Å². The van der Waals surface area contributed by atoms with Crippen LogP contribution in [0, 0.1) is 5.53 Å². The van der Waals surface area contributed by atoms with Crippen LogP contribution < -0.4 is 0 Å². The Morgan fingerprint density at radius 1 is 0.850 bits per heavy atom. The van der Waals surface area contributed by atoms with Crippen molar-refractivity contribution in [3.05, 3.63) is 0 Å². The van der Waals surface area contributed by atoms with Gasteiger partial charge in [0, 0.05) is 27.1 Å². The second-order valence-electron chi connectivity index (χ2n) is 5.81. The molecule has 1 N–H and O–H groups in total. The fourth-order valence-corrected chi connectivity index (χ4v) is 3.23. The van der Waals surface area contributed by atoms with Crippen LogP contribution in [-0.2, 0) is 9.47 Å². The highest BCUT2D eigenvalue weighted by molar-refractivity contribution is 4.94. The second-order valence-corrected chi connectivity index (χ2v) is 5.81. The van der Waals surface area contributed by atoms with Crippen LogP contribution in [-0.4, -0.2) is 44.6 Å². The van der Waals surface area contributed by atoms with Gasteiger partial charge in [-0.3, -0.25) is 0 Å². The Morgan fingerprint density at radius 2 is 1.45 bits per heavy atom. The molecule has 114 valence electrons. The van der Waals surface area contributed by atoms with Crippen LogP contribution in [0.4, 0.5) is 0 Å². The van der Waals surface area contributed by atoms with E-state index < -0.39 is 0 Å². The molecule has 0 heterocycles.